The second kappa shape index (κ2) is 5.08. The van der Waals surface area contributed by atoms with Gasteiger partial charge in [0.15, 0.2) is 0 Å². The van der Waals surface area contributed by atoms with Crippen LogP contribution in [0.4, 0.5) is 0 Å². The number of halogens is 1. The second-order valence-electron chi connectivity index (χ2n) is 3.24. The molecule has 0 aliphatic carbocycles. The molecule has 1 fully saturated rings. The molecule has 0 saturated carbocycles. The SMILES string of the molecule is COc1ccc(Cl)cc1C=C1SC(=S)NC1=O. The van der Waals surface area contributed by atoms with Crippen LogP contribution in [0.5, 0.6) is 5.75 Å². The third-order valence-electron chi connectivity index (χ3n) is 2.12. The first-order valence-electron chi connectivity index (χ1n) is 4.68. The van der Waals surface area contributed by atoms with Crippen molar-refractivity contribution < 1.29 is 9.53 Å². The van der Waals surface area contributed by atoms with Crippen molar-refractivity contribution in [3.05, 3.63) is 33.7 Å². The number of amides is 1. The van der Waals surface area contributed by atoms with Crippen LogP contribution in [0.3, 0.4) is 0 Å². The zero-order valence-electron chi connectivity index (χ0n) is 8.82. The summed E-state index contributed by atoms with van der Waals surface area (Å²) in [7, 11) is 1.57. The van der Waals surface area contributed by atoms with Crippen LogP contribution in [0.15, 0.2) is 23.1 Å². The Morgan fingerprint density at radius 2 is 2.29 bits per heavy atom. The van der Waals surface area contributed by atoms with Gasteiger partial charge in [-0.05, 0) is 24.3 Å². The molecule has 1 aromatic carbocycles. The van der Waals surface area contributed by atoms with Gasteiger partial charge in [-0.25, -0.2) is 0 Å². The molecule has 2 rings (SSSR count). The highest BCUT2D eigenvalue weighted by atomic mass is 35.5. The lowest BCUT2D eigenvalue weighted by Gasteiger charge is -2.05. The van der Waals surface area contributed by atoms with Crippen molar-refractivity contribution >= 4 is 51.9 Å². The number of thioether (sulfide) groups is 1. The molecule has 0 spiro atoms. The molecule has 0 aromatic heterocycles. The number of benzene rings is 1. The smallest absolute Gasteiger partial charge is 0.263 e. The van der Waals surface area contributed by atoms with Crippen LogP contribution < -0.4 is 10.1 Å². The predicted molar refractivity (Wildman–Crippen MR) is 74.3 cm³/mol. The van der Waals surface area contributed by atoms with Gasteiger partial charge in [0.25, 0.3) is 5.91 Å². The van der Waals surface area contributed by atoms with Crippen LogP contribution in [0.25, 0.3) is 6.08 Å². The lowest BCUT2D eigenvalue weighted by atomic mass is 10.2. The van der Waals surface area contributed by atoms with Crippen molar-refractivity contribution in [3.63, 3.8) is 0 Å². The maximum atomic E-state index is 11.5. The van der Waals surface area contributed by atoms with Crippen molar-refractivity contribution in [1.82, 2.24) is 5.32 Å². The van der Waals surface area contributed by atoms with Crippen molar-refractivity contribution in [2.75, 3.05) is 7.11 Å². The molecule has 17 heavy (non-hydrogen) atoms. The van der Waals surface area contributed by atoms with E-state index >= 15 is 0 Å². The molecule has 1 aliphatic rings. The Morgan fingerprint density at radius 1 is 1.53 bits per heavy atom. The molecule has 1 saturated heterocycles. The van der Waals surface area contributed by atoms with Gasteiger partial charge >= 0.3 is 0 Å². The summed E-state index contributed by atoms with van der Waals surface area (Å²) in [6.07, 6.45) is 1.71. The van der Waals surface area contributed by atoms with E-state index < -0.39 is 0 Å². The first-order valence-corrected chi connectivity index (χ1v) is 6.29. The number of ether oxygens (including phenoxy) is 1. The summed E-state index contributed by atoms with van der Waals surface area (Å²) in [5.41, 5.74) is 0.752. The summed E-state index contributed by atoms with van der Waals surface area (Å²) in [4.78, 5) is 12.0. The average Bonchev–Trinajstić information content (AvgIpc) is 2.58. The minimum absolute atomic E-state index is 0.193. The average molecular weight is 286 g/mol. The first-order chi connectivity index (χ1) is 8.10. The van der Waals surface area contributed by atoms with Gasteiger partial charge in [-0.15, -0.1) is 0 Å². The third-order valence-corrected chi connectivity index (χ3v) is 3.52. The van der Waals surface area contributed by atoms with E-state index in [1.807, 2.05) is 0 Å². The van der Waals surface area contributed by atoms with E-state index in [0.29, 0.717) is 20.0 Å². The van der Waals surface area contributed by atoms with E-state index in [0.717, 1.165) is 5.56 Å². The quantitative estimate of drug-likeness (QED) is 0.670. The maximum absolute atomic E-state index is 11.5. The van der Waals surface area contributed by atoms with Gasteiger partial charge in [0, 0.05) is 10.6 Å². The topological polar surface area (TPSA) is 38.3 Å². The standard InChI is InChI=1S/C11H8ClNO2S2/c1-15-8-3-2-7(12)4-6(8)5-9-10(14)13-11(16)17-9/h2-5H,1H3,(H,13,14,16). The van der Waals surface area contributed by atoms with Crippen LogP contribution in [0, 0.1) is 0 Å². The van der Waals surface area contributed by atoms with E-state index in [9.17, 15) is 4.79 Å². The highest BCUT2D eigenvalue weighted by Crippen LogP contribution is 2.30. The molecular weight excluding hydrogens is 278 g/mol. The molecule has 0 radical (unpaired) electrons. The number of hydrogen-bond acceptors (Lipinski definition) is 4. The number of carbonyl (C=O) groups excluding carboxylic acids is 1. The van der Waals surface area contributed by atoms with Gasteiger partial charge in [0.1, 0.15) is 10.1 Å². The van der Waals surface area contributed by atoms with Gasteiger partial charge in [0.2, 0.25) is 0 Å². The number of thiocarbonyl (C=S) groups is 1. The predicted octanol–water partition coefficient (Wildman–Crippen LogP) is 2.84. The van der Waals surface area contributed by atoms with E-state index in [4.69, 9.17) is 28.6 Å². The summed E-state index contributed by atoms with van der Waals surface area (Å²) in [6.45, 7) is 0. The Morgan fingerprint density at radius 3 is 2.88 bits per heavy atom. The molecule has 88 valence electrons. The molecule has 0 bridgehead atoms. The first kappa shape index (κ1) is 12.4. The van der Waals surface area contributed by atoms with E-state index in [-0.39, 0.29) is 5.91 Å². The van der Waals surface area contributed by atoms with Crippen molar-refractivity contribution in [3.8, 4) is 5.75 Å². The molecule has 1 amide bonds. The third kappa shape index (κ3) is 2.80. The number of carbonyl (C=O) groups is 1. The van der Waals surface area contributed by atoms with E-state index in [2.05, 4.69) is 5.32 Å². The normalized spacial score (nSPS) is 17.4. The fourth-order valence-corrected chi connectivity index (χ4v) is 2.60. The maximum Gasteiger partial charge on any atom is 0.263 e. The lowest BCUT2D eigenvalue weighted by molar-refractivity contribution is -0.115. The van der Waals surface area contributed by atoms with Gasteiger partial charge in [-0.2, -0.15) is 0 Å². The number of nitrogens with one attached hydrogen (secondary N) is 1. The Hall–Kier alpha value is -1.04. The number of rotatable bonds is 2. The molecule has 1 aromatic rings. The van der Waals surface area contributed by atoms with Gasteiger partial charge in [-0.1, -0.05) is 35.6 Å². The molecule has 0 unspecified atom stereocenters. The zero-order chi connectivity index (χ0) is 12.4. The minimum atomic E-state index is -0.193. The summed E-state index contributed by atoms with van der Waals surface area (Å²) in [5.74, 6) is 0.468. The number of methoxy groups -OCH3 is 1. The largest absolute Gasteiger partial charge is 0.496 e. The summed E-state index contributed by atoms with van der Waals surface area (Å²) >= 11 is 12.0. The molecule has 1 heterocycles. The summed E-state index contributed by atoms with van der Waals surface area (Å²) in [5, 5.41) is 3.14. The minimum Gasteiger partial charge on any atom is -0.496 e. The lowest BCUT2D eigenvalue weighted by Crippen LogP contribution is -2.17. The number of hydrogen-bond donors (Lipinski definition) is 1. The van der Waals surface area contributed by atoms with Crippen molar-refractivity contribution in [2.24, 2.45) is 0 Å². The molecule has 1 N–H and O–H groups in total. The fraction of sp³-hybridized carbons (Fsp3) is 0.0909. The molecule has 1 aliphatic heterocycles. The molecular formula is C11H8ClNO2S2. The van der Waals surface area contributed by atoms with Crippen LogP contribution in [0.2, 0.25) is 5.02 Å². The molecule has 6 heteroatoms. The van der Waals surface area contributed by atoms with Crippen molar-refractivity contribution in [1.29, 1.82) is 0 Å². The van der Waals surface area contributed by atoms with Gasteiger partial charge in [-0.3, -0.25) is 4.79 Å². The second-order valence-corrected chi connectivity index (χ2v) is 5.39. The van der Waals surface area contributed by atoms with Gasteiger partial charge in [0.05, 0.1) is 12.0 Å². The Labute approximate surface area is 113 Å². The fourth-order valence-electron chi connectivity index (χ4n) is 1.38. The highest BCUT2D eigenvalue weighted by Gasteiger charge is 2.22. The molecule has 0 atom stereocenters. The van der Waals surface area contributed by atoms with Crippen molar-refractivity contribution in [2.45, 2.75) is 0 Å². The Balaban J connectivity index is 2.41. The van der Waals surface area contributed by atoms with E-state index in [1.54, 1.807) is 31.4 Å². The summed E-state index contributed by atoms with van der Waals surface area (Å²) in [6, 6.07) is 5.22. The summed E-state index contributed by atoms with van der Waals surface area (Å²) < 4.78 is 5.66. The molecule has 3 nitrogen and oxygen atoms in total. The zero-order valence-corrected chi connectivity index (χ0v) is 11.2. The Kier molecular flexibility index (Phi) is 3.71. The highest BCUT2D eigenvalue weighted by molar-refractivity contribution is 8.26. The van der Waals surface area contributed by atoms with Crippen LogP contribution in [-0.4, -0.2) is 17.3 Å². The monoisotopic (exact) mass is 285 g/mol. The van der Waals surface area contributed by atoms with Crippen LogP contribution >= 0.6 is 35.6 Å². The Bertz CT molecular complexity index is 528. The van der Waals surface area contributed by atoms with Crippen LogP contribution in [-0.2, 0) is 4.79 Å². The van der Waals surface area contributed by atoms with Gasteiger partial charge < -0.3 is 10.1 Å². The van der Waals surface area contributed by atoms with E-state index in [1.165, 1.54) is 11.8 Å². The van der Waals surface area contributed by atoms with Crippen LogP contribution in [0.1, 0.15) is 5.56 Å².